The summed E-state index contributed by atoms with van der Waals surface area (Å²) in [6.07, 6.45) is 1.25. The van der Waals surface area contributed by atoms with Gasteiger partial charge in [0.05, 0.1) is 23.2 Å². The second-order valence-electron chi connectivity index (χ2n) is 9.37. The van der Waals surface area contributed by atoms with Gasteiger partial charge in [-0.15, -0.1) is 11.3 Å². The van der Waals surface area contributed by atoms with E-state index in [0.29, 0.717) is 48.9 Å². The Morgan fingerprint density at radius 3 is 2.55 bits per heavy atom. The van der Waals surface area contributed by atoms with Gasteiger partial charge in [-0.2, -0.15) is 5.26 Å². The number of nitriles is 1. The Balaban J connectivity index is 1.31. The van der Waals surface area contributed by atoms with Crippen LogP contribution >= 0.6 is 22.9 Å². The first-order chi connectivity index (χ1) is 18.4. The predicted molar refractivity (Wildman–Crippen MR) is 151 cm³/mol. The fourth-order valence-corrected chi connectivity index (χ4v) is 5.66. The number of nitrogens with zero attached hydrogens (tertiary/aromatic N) is 3. The highest BCUT2D eigenvalue weighted by molar-refractivity contribution is 7.14. The van der Waals surface area contributed by atoms with E-state index < -0.39 is 5.97 Å². The molecule has 1 N–H and O–H groups in total. The number of aliphatic carboxylic acids is 1. The topological polar surface area (TPSA) is 86.5 Å². The minimum Gasteiger partial charge on any atom is -0.488 e. The number of hydrogen-bond acceptors (Lipinski definition) is 6. The van der Waals surface area contributed by atoms with Crippen LogP contribution < -0.4 is 9.64 Å². The number of carboxylic acids is 1. The first-order valence-electron chi connectivity index (χ1n) is 12.4. The molecule has 0 aliphatic carbocycles. The lowest BCUT2D eigenvalue weighted by Crippen LogP contribution is -2.36. The van der Waals surface area contributed by atoms with E-state index in [4.69, 9.17) is 26.6 Å². The van der Waals surface area contributed by atoms with Crippen molar-refractivity contribution >= 4 is 34.0 Å². The van der Waals surface area contributed by atoms with Crippen LogP contribution in [0.25, 0.3) is 22.4 Å². The molecule has 5 rings (SSSR count). The molecule has 1 fully saturated rings. The van der Waals surface area contributed by atoms with Crippen molar-refractivity contribution in [3.63, 3.8) is 0 Å². The van der Waals surface area contributed by atoms with Gasteiger partial charge in [-0.05, 0) is 72.4 Å². The van der Waals surface area contributed by atoms with E-state index in [2.05, 4.69) is 36.1 Å². The summed E-state index contributed by atoms with van der Waals surface area (Å²) >= 11 is 7.89. The number of thiazole rings is 1. The molecule has 192 valence electrons. The van der Waals surface area contributed by atoms with Crippen molar-refractivity contribution in [2.24, 2.45) is 5.92 Å². The molecule has 0 spiro atoms. The molecule has 3 aromatic carbocycles. The van der Waals surface area contributed by atoms with Crippen molar-refractivity contribution in [2.45, 2.75) is 26.4 Å². The summed E-state index contributed by atoms with van der Waals surface area (Å²) in [5.41, 5.74) is 6.59. The lowest BCUT2D eigenvalue weighted by molar-refractivity contribution is -0.142. The number of piperidine rings is 1. The molecule has 0 radical (unpaired) electrons. The van der Waals surface area contributed by atoms with Gasteiger partial charge in [-0.1, -0.05) is 41.9 Å². The molecule has 8 heteroatoms. The Labute approximate surface area is 230 Å². The van der Waals surface area contributed by atoms with Crippen molar-refractivity contribution < 1.29 is 14.6 Å². The van der Waals surface area contributed by atoms with Crippen molar-refractivity contribution in [3.8, 4) is 34.2 Å². The number of aryl methyl sites for hydroxylation is 1. The summed E-state index contributed by atoms with van der Waals surface area (Å²) in [4.78, 5) is 18.3. The Bertz CT molecular complexity index is 1500. The number of benzene rings is 3. The summed E-state index contributed by atoms with van der Waals surface area (Å²) < 4.78 is 6.28. The average Bonchev–Trinajstić information content (AvgIpc) is 3.43. The van der Waals surface area contributed by atoms with Crippen LogP contribution in [0.4, 0.5) is 5.13 Å². The molecular weight excluding hydrogens is 518 g/mol. The number of hydrogen-bond donors (Lipinski definition) is 1. The fraction of sp³-hybridized carbons (Fsp3) is 0.233. The van der Waals surface area contributed by atoms with Gasteiger partial charge in [0.15, 0.2) is 5.13 Å². The summed E-state index contributed by atoms with van der Waals surface area (Å²) in [5, 5.41) is 21.8. The van der Waals surface area contributed by atoms with Crippen molar-refractivity contribution in [3.05, 3.63) is 87.8 Å². The maximum absolute atomic E-state index is 11.3. The molecule has 1 aliphatic heterocycles. The molecule has 0 atom stereocenters. The number of ether oxygens (including phenoxy) is 1. The molecule has 6 nitrogen and oxygen atoms in total. The molecule has 0 saturated carbocycles. The lowest BCUT2D eigenvalue weighted by Gasteiger charge is -2.29. The van der Waals surface area contributed by atoms with Crippen molar-refractivity contribution in [2.75, 3.05) is 18.0 Å². The zero-order chi connectivity index (χ0) is 26.6. The maximum atomic E-state index is 11.3. The SMILES string of the molecule is Cc1cc(-c2ccc(C#N)cc2)ccc1COc1ccc(Cl)cc1-c1csc(N2CCC(C(=O)O)CC2)n1. The van der Waals surface area contributed by atoms with E-state index in [1.807, 2.05) is 47.8 Å². The zero-order valence-electron chi connectivity index (χ0n) is 20.9. The third-order valence-corrected chi connectivity index (χ3v) is 8.03. The van der Waals surface area contributed by atoms with E-state index in [1.54, 1.807) is 11.3 Å². The highest BCUT2D eigenvalue weighted by Crippen LogP contribution is 2.37. The van der Waals surface area contributed by atoms with Gasteiger partial charge in [0.2, 0.25) is 0 Å². The number of anilines is 1. The Morgan fingerprint density at radius 2 is 1.87 bits per heavy atom. The van der Waals surface area contributed by atoms with E-state index >= 15 is 0 Å². The Kier molecular flexibility index (Phi) is 7.64. The normalized spacial score (nSPS) is 13.8. The van der Waals surface area contributed by atoms with Crippen LogP contribution in [0, 0.1) is 24.2 Å². The smallest absolute Gasteiger partial charge is 0.306 e. The number of rotatable bonds is 7. The lowest BCUT2D eigenvalue weighted by atomic mass is 9.97. The number of carbonyl (C=O) groups is 1. The predicted octanol–water partition coefficient (Wildman–Crippen LogP) is 7.19. The summed E-state index contributed by atoms with van der Waals surface area (Å²) in [5.74, 6) is -0.295. The molecule has 0 unspecified atom stereocenters. The number of carboxylic acid groups (broad SMARTS) is 1. The summed E-state index contributed by atoms with van der Waals surface area (Å²) in [6, 6.07) is 21.5. The average molecular weight is 544 g/mol. The van der Waals surface area contributed by atoms with Gasteiger partial charge in [-0.25, -0.2) is 4.98 Å². The molecule has 1 saturated heterocycles. The number of halogens is 1. The van der Waals surface area contributed by atoms with Crippen LogP contribution in [-0.4, -0.2) is 29.1 Å². The third-order valence-electron chi connectivity index (χ3n) is 6.90. The Hall–Kier alpha value is -3.86. The molecule has 2 heterocycles. The largest absolute Gasteiger partial charge is 0.488 e. The van der Waals surface area contributed by atoms with E-state index in [0.717, 1.165) is 38.6 Å². The van der Waals surface area contributed by atoms with Crippen LogP contribution in [0.3, 0.4) is 0 Å². The highest BCUT2D eigenvalue weighted by atomic mass is 35.5. The second kappa shape index (κ2) is 11.3. The molecule has 4 aromatic rings. The van der Waals surface area contributed by atoms with Gasteiger partial charge in [-0.3, -0.25) is 4.79 Å². The van der Waals surface area contributed by atoms with Gasteiger partial charge in [0.1, 0.15) is 12.4 Å². The first kappa shape index (κ1) is 25.8. The van der Waals surface area contributed by atoms with Gasteiger partial charge >= 0.3 is 5.97 Å². The molecule has 1 aromatic heterocycles. The fourth-order valence-electron chi connectivity index (χ4n) is 4.61. The summed E-state index contributed by atoms with van der Waals surface area (Å²) in [6.45, 7) is 3.82. The third kappa shape index (κ3) is 5.67. The van der Waals surface area contributed by atoms with E-state index in [1.165, 1.54) is 0 Å². The monoisotopic (exact) mass is 543 g/mol. The molecular formula is C30H26ClN3O3S. The van der Waals surface area contributed by atoms with Gasteiger partial charge < -0.3 is 14.7 Å². The van der Waals surface area contributed by atoms with Crippen molar-refractivity contribution in [1.82, 2.24) is 4.98 Å². The Morgan fingerprint density at radius 1 is 1.13 bits per heavy atom. The van der Waals surface area contributed by atoms with Gasteiger partial charge in [0, 0.05) is 29.1 Å². The number of aromatic nitrogens is 1. The van der Waals surface area contributed by atoms with E-state index in [-0.39, 0.29) is 5.92 Å². The van der Waals surface area contributed by atoms with Gasteiger partial charge in [0.25, 0.3) is 0 Å². The first-order valence-corrected chi connectivity index (χ1v) is 13.6. The van der Waals surface area contributed by atoms with Crippen molar-refractivity contribution in [1.29, 1.82) is 5.26 Å². The molecule has 38 heavy (non-hydrogen) atoms. The standard InChI is InChI=1S/C30H26ClN3O3S/c1-19-14-23(21-4-2-20(16-32)3-5-21)6-7-24(19)17-37-28-9-8-25(31)15-26(28)27-18-38-30(33-27)34-12-10-22(11-13-34)29(35)36/h2-9,14-15,18,22H,10-13,17H2,1H3,(H,35,36). The summed E-state index contributed by atoms with van der Waals surface area (Å²) in [7, 11) is 0. The molecule has 0 amide bonds. The molecule has 0 bridgehead atoms. The zero-order valence-corrected chi connectivity index (χ0v) is 22.4. The minimum atomic E-state index is -0.718. The highest BCUT2D eigenvalue weighted by Gasteiger charge is 2.26. The van der Waals surface area contributed by atoms with Crippen LogP contribution in [0.1, 0.15) is 29.5 Å². The molecule has 1 aliphatic rings. The van der Waals surface area contributed by atoms with E-state index in [9.17, 15) is 9.90 Å². The van der Waals surface area contributed by atoms with Crippen LogP contribution in [0.2, 0.25) is 5.02 Å². The quantitative estimate of drug-likeness (QED) is 0.265. The minimum absolute atomic E-state index is 0.278. The van der Waals surface area contributed by atoms with Crippen LogP contribution in [0.15, 0.2) is 66.0 Å². The second-order valence-corrected chi connectivity index (χ2v) is 10.6. The van der Waals surface area contributed by atoms with Crippen LogP contribution in [-0.2, 0) is 11.4 Å². The van der Waals surface area contributed by atoms with Crippen LogP contribution in [0.5, 0.6) is 5.75 Å². The maximum Gasteiger partial charge on any atom is 0.306 e.